The molecule has 0 N–H and O–H groups in total. The fourth-order valence-corrected chi connectivity index (χ4v) is 3.15. The monoisotopic (exact) mass is 304 g/mol. The fourth-order valence-electron chi connectivity index (χ4n) is 1.93. The summed E-state index contributed by atoms with van der Waals surface area (Å²) in [5.41, 5.74) is 1.12. The third-order valence-corrected chi connectivity index (χ3v) is 5.11. The van der Waals surface area contributed by atoms with Crippen LogP contribution in [0.5, 0.6) is 0 Å². The van der Waals surface area contributed by atoms with Crippen LogP contribution in [0.1, 0.15) is 17.0 Å². The Balaban J connectivity index is 2.31. The molecular weight excluding hydrogens is 288 g/mol. The van der Waals surface area contributed by atoms with Crippen LogP contribution in [-0.4, -0.2) is 29.3 Å². The van der Waals surface area contributed by atoms with E-state index in [9.17, 15) is 8.42 Å². The van der Waals surface area contributed by atoms with Gasteiger partial charge in [-0.1, -0.05) is 0 Å². The van der Waals surface area contributed by atoms with Gasteiger partial charge in [-0.25, -0.2) is 13.4 Å². The summed E-state index contributed by atoms with van der Waals surface area (Å²) in [6.45, 7) is 1.90. The summed E-state index contributed by atoms with van der Waals surface area (Å²) in [7, 11) is -0.283. The van der Waals surface area contributed by atoms with Crippen LogP contribution in [0.25, 0.3) is 0 Å². The van der Waals surface area contributed by atoms with Crippen molar-refractivity contribution in [1.82, 2.24) is 13.9 Å². The first kappa shape index (κ1) is 15.2. The van der Waals surface area contributed by atoms with Crippen LogP contribution in [0, 0.1) is 18.3 Å². The number of sulfonamides is 1. The highest BCUT2D eigenvalue weighted by Gasteiger charge is 2.22. The van der Waals surface area contributed by atoms with E-state index in [0.717, 1.165) is 0 Å². The fraction of sp³-hybridized carbons (Fsp3) is 0.286. The Morgan fingerprint density at radius 2 is 2.14 bits per heavy atom. The SMILES string of the molecule is Cc1cc(S(=O)(=O)N(C)Cc2nccn2C)ccc1C#N. The maximum Gasteiger partial charge on any atom is 0.243 e. The number of aromatic nitrogens is 2. The lowest BCUT2D eigenvalue weighted by Gasteiger charge is -2.17. The molecule has 0 saturated heterocycles. The highest BCUT2D eigenvalue weighted by molar-refractivity contribution is 7.89. The van der Waals surface area contributed by atoms with Gasteiger partial charge in [-0.05, 0) is 30.7 Å². The van der Waals surface area contributed by atoms with E-state index in [-0.39, 0.29) is 11.4 Å². The van der Waals surface area contributed by atoms with Crippen molar-refractivity contribution < 1.29 is 8.42 Å². The first-order chi connectivity index (χ1) is 9.86. The summed E-state index contributed by atoms with van der Waals surface area (Å²) in [5.74, 6) is 0.659. The maximum atomic E-state index is 12.5. The average Bonchev–Trinajstić information content (AvgIpc) is 2.84. The number of nitriles is 1. The molecule has 2 aromatic rings. The molecule has 0 aliphatic carbocycles. The smallest absolute Gasteiger partial charge is 0.243 e. The number of nitrogens with zero attached hydrogens (tertiary/aromatic N) is 4. The van der Waals surface area contributed by atoms with E-state index in [1.807, 2.05) is 13.1 Å². The zero-order valence-corrected chi connectivity index (χ0v) is 12.9. The van der Waals surface area contributed by atoms with Gasteiger partial charge >= 0.3 is 0 Å². The molecule has 0 spiro atoms. The van der Waals surface area contributed by atoms with Gasteiger partial charge in [0.25, 0.3) is 0 Å². The highest BCUT2D eigenvalue weighted by atomic mass is 32.2. The van der Waals surface area contributed by atoms with E-state index in [4.69, 9.17) is 5.26 Å². The molecule has 0 saturated carbocycles. The zero-order chi connectivity index (χ0) is 15.6. The van der Waals surface area contributed by atoms with Crippen LogP contribution in [0.2, 0.25) is 0 Å². The maximum absolute atomic E-state index is 12.5. The van der Waals surface area contributed by atoms with Gasteiger partial charge in [0.15, 0.2) is 0 Å². The quantitative estimate of drug-likeness (QED) is 0.855. The summed E-state index contributed by atoms with van der Waals surface area (Å²) in [6, 6.07) is 6.52. The summed E-state index contributed by atoms with van der Waals surface area (Å²) in [6.07, 6.45) is 3.39. The Labute approximate surface area is 124 Å². The Bertz CT molecular complexity index is 803. The van der Waals surface area contributed by atoms with E-state index >= 15 is 0 Å². The van der Waals surface area contributed by atoms with Crippen molar-refractivity contribution in [3.63, 3.8) is 0 Å². The van der Waals surface area contributed by atoms with Crippen molar-refractivity contribution in [3.05, 3.63) is 47.5 Å². The number of imidazole rings is 1. The Morgan fingerprint density at radius 1 is 1.43 bits per heavy atom. The molecule has 0 unspecified atom stereocenters. The average molecular weight is 304 g/mol. The van der Waals surface area contributed by atoms with Crippen molar-refractivity contribution in [1.29, 1.82) is 5.26 Å². The van der Waals surface area contributed by atoms with Crippen LogP contribution in [-0.2, 0) is 23.6 Å². The van der Waals surface area contributed by atoms with Crippen molar-refractivity contribution in [2.24, 2.45) is 7.05 Å². The van der Waals surface area contributed by atoms with Crippen molar-refractivity contribution in [3.8, 4) is 6.07 Å². The summed E-state index contributed by atoms with van der Waals surface area (Å²) in [4.78, 5) is 4.30. The van der Waals surface area contributed by atoms with Gasteiger partial charge in [0, 0.05) is 26.5 Å². The lowest BCUT2D eigenvalue weighted by atomic mass is 10.1. The number of rotatable bonds is 4. The van der Waals surface area contributed by atoms with Crippen LogP contribution in [0.15, 0.2) is 35.5 Å². The van der Waals surface area contributed by atoms with Crippen LogP contribution in [0.3, 0.4) is 0 Å². The van der Waals surface area contributed by atoms with Gasteiger partial charge in [0.05, 0.1) is 23.1 Å². The first-order valence-electron chi connectivity index (χ1n) is 6.29. The molecule has 0 aliphatic heterocycles. The molecular formula is C14H16N4O2S. The molecule has 1 heterocycles. The molecule has 0 bridgehead atoms. The topological polar surface area (TPSA) is 79.0 Å². The van der Waals surface area contributed by atoms with Crippen LogP contribution < -0.4 is 0 Å². The van der Waals surface area contributed by atoms with E-state index in [1.165, 1.54) is 29.6 Å². The van der Waals surface area contributed by atoms with E-state index < -0.39 is 10.0 Å². The predicted molar refractivity (Wildman–Crippen MR) is 77.8 cm³/mol. The molecule has 0 fully saturated rings. The largest absolute Gasteiger partial charge is 0.337 e. The molecule has 0 radical (unpaired) electrons. The Morgan fingerprint density at radius 3 is 2.67 bits per heavy atom. The molecule has 21 heavy (non-hydrogen) atoms. The van der Waals surface area contributed by atoms with E-state index in [1.54, 1.807) is 23.9 Å². The van der Waals surface area contributed by atoms with Crippen molar-refractivity contribution in [2.75, 3.05) is 7.05 Å². The molecule has 0 amide bonds. The van der Waals surface area contributed by atoms with E-state index in [0.29, 0.717) is 17.0 Å². The molecule has 2 rings (SSSR count). The standard InChI is InChI=1S/C14H16N4O2S/c1-11-8-13(5-4-12(11)9-15)21(19,20)18(3)10-14-16-6-7-17(14)2/h4-8H,10H2,1-3H3. The second-order valence-corrected chi connectivity index (χ2v) is 6.85. The molecule has 0 aliphatic rings. The van der Waals surface area contributed by atoms with Gasteiger partial charge in [-0.15, -0.1) is 0 Å². The second-order valence-electron chi connectivity index (χ2n) is 4.80. The normalized spacial score (nSPS) is 11.6. The third-order valence-electron chi connectivity index (χ3n) is 3.31. The van der Waals surface area contributed by atoms with Gasteiger partial charge in [0.2, 0.25) is 10.0 Å². The minimum Gasteiger partial charge on any atom is -0.337 e. The summed E-state index contributed by atoms with van der Waals surface area (Å²) >= 11 is 0. The summed E-state index contributed by atoms with van der Waals surface area (Å²) < 4.78 is 28.1. The summed E-state index contributed by atoms with van der Waals surface area (Å²) in [5, 5.41) is 8.90. The molecule has 110 valence electrons. The zero-order valence-electron chi connectivity index (χ0n) is 12.1. The number of hydrogen-bond donors (Lipinski definition) is 0. The number of hydrogen-bond acceptors (Lipinski definition) is 4. The number of aryl methyl sites for hydroxylation is 2. The van der Waals surface area contributed by atoms with Crippen molar-refractivity contribution in [2.45, 2.75) is 18.4 Å². The minimum absolute atomic E-state index is 0.177. The molecule has 1 aromatic carbocycles. The number of benzene rings is 1. The lowest BCUT2D eigenvalue weighted by Crippen LogP contribution is -2.27. The van der Waals surface area contributed by atoms with E-state index in [2.05, 4.69) is 4.98 Å². The Kier molecular flexibility index (Phi) is 4.11. The molecule has 1 aromatic heterocycles. The molecule has 6 nitrogen and oxygen atoms in total. The molecule has 0 atom stereocenters. The predicted octanol–water partition coefficient (Wildman–Crippen LogP) is 1.42. The van der Waals surface area contributed by atoms with Crippen LogP contribution >= 0.6 is 0 Å². The van der Waals surface area contributed by atoms with Crippen molar-refractivity contribution >= 4 is 10.0 Å². The van der Waals surface area contributed by atoms with Gasteiger partial charge in [-0.3, -0.25) is 0 Å². The minimum atomic E-state index is -3.61. The second kappa shape index (κ2) is 5.68. The third kappa shape index (κ3) is 2.96. The van der Waals surface area contributed by atoms with Gasteiger partial charge < -0.3 is 4.57 Å². The van der Waals surface area contributed by atoms with Gasteiger partial charge in [-0.2, -0.15) is 9.57 Å². The molecule has 7 heteroatoms. The lowest BCUT2D eigenvalue weighted by molar-refractivity contribution is 0.451. The van der Waals surface area contributed by atoms with Crippen LogP contribution in [0.4, 0.5) is 0 Å². The Hall–Kier alpha value is -2.17. The highest BCUT2D eigenvalue weighted by Crippen LogP contribution is 2.19. The first-order valence-corrected chi connectivity index (χ1v) is 7.73. The van der Waals surface area contributed by atoms with Gasteiger partial charge in [0.1, 0.15) is 5.82 Å².